The molecule has 132 valence electrons. The predicted octanol–water partition coefficient (Wildman–Crippen LogP) is 2.76. The molecule has 0 radical (unpaired) electrons. The smallest absolute Gasteiger partial charge is 0.262 e. The highest BCUT2D eigenvalue weighted by molar-refractivity contribution is 5.92. The highest BCUT2D eigenvalue weighted by Gasteiger charge is 2.14. The van der Waals surface area contributed by atoms with Gasteiger partial charge in [-0.3, -0.25) is 4.79 Å². The molecule has 5 heteroatoms. The van der Waals surface area contributed by atoms with Gasteiger partial charge in [-0.15, -0.1) is 0 Å². The van der Waals surface area contributed by atoms with Crippen molar-refractivity contribution in [3.63, 3.8) is 0 Å². The van der Waals surface area contributed by atoms with Crippen molar-refractivity contribution in [2.75, 3.05) is 50.1 Å². The lowest BCUT2D eigenvalue weighted by Crippen LogP contribution is -2.44. The van der Waals surface area contributed by atoms with Gasteiger partial charge in [-0.2, -0.15) is 0 Å². The summed E-state index contributed by atoms with van der Waals surface area (Å²) in [5.41, 5.74) is 3.00. The van der Waals surface area contributed by atoms with Crippen LogP contribution in [0.15, 0.2) is 48.5 Å². The first-order valence-electron chi connectivity index (χ1n) is 8.63. The number of hydrogen-bond acceptors (Lipinski definition) is 4. The summed E-state index contributed by atoms with van der Waals surface area (Å²) in [7, 11) is 2.15. The minimum absolute atomic E-state index is 0.00502. The van der Waals surface area contributed by atoms with Gasteiger partial charge in [0.15, 0.2) is 6.61 Å². The van der Waals surface area contributed by atoms with Crippen LogP contribution in [0.4, 0.5) is 11.4 Å². The molecule has 1 aliphatic heterocycles. The maximum Gasteiger partial charge on any atom is 0.262 e. The highest BCUT2D eigenvalue weighted by atomic mass is 16.5. The van der Waals surface area contributed by atoms with E-state index in [1.165, 1.54) is 5.69 Å². The third kappa shape index (κ3) is 4.73. The third-order valence-electron chi connectivity index (χ3n) is 4.47. The molecule has 2 aromatic rings. The number of carbonyl (C=O) groups is 1. The first-order valence-corrected chi connectivity index (χ1v) is 8.63. The summed E-state index contributed by atoms with van der Waals surface area (Å²) >= 11 is 0. The van der Waals surface area contributed by atoms with Gasteiger partial charge >= 0.3 is 0 Å². The Morgan fingerprint density at radius 3 is 2.40 bits per heavy atom. The van der Waals surface area contributed by atoms with E-state index in [4.69, 9.17) is 4.74 Å². The Morgan fingerprint density at radius 1 is 1.04 bits per heavy atom. The second-order valence-corrected chi connectivity index (χ2v) is 6.44. The van der Waals surface area contributed by atoms with E-state index in [1.54, 1.807) is 0 Å². The number of anilines is 2. The number of nitrogens with zero attached hydrogens (tertiary/aromatic N) is 2. The molecule has 3 rings (SSSR count). The van der Waals surface area contributed by atoms with Crippen LogP contribution in [0.5, 0.6) is 5.75 Å². The monoisotopic (exact) mass is 339 g/mol. The Morgan fingerprint density at radius 2 is 1.72 bits per heavy atom. The molecule has 1 saturated heterocycles. The van der Waals surface area contributed by atoms with Crippen LogP contribution in [0.2, 0.25) is 0 Å². The number of nitrogens with one attached hydrogen (secondary N) is 1. The van der Waals surface area contributed by atoms with Gasteiger partial charge in [0.25, 0.3) is 5.91 Å². The molecule has 0 aliphatic carbocycles. The van der Waals surface area contributed by atoms with Crippen LogP contribution in [0.3, 0.4) is 0 Å². The summed E-state index contributed by atoms with van der Waals surface area (Å²) in [6.07, 6.45) is 0. The maximum atomic E-state index is 12.1. The fraction of sp³-hybridized carbons (Fsp3) is 0.350. The van der Waals surface area contributed by atoms with Crippen molar-refractivity contribution in [2.45, 2.75) is 6.92 Å². The van der Waals surface area contributed by atoms with E-state index in [2.05, 4.69) is 34.3 Å². The van der Waals surface area contributed by atoms with Gasteiger partial charge in [-0.25, -0.2) is 0 Å². The van der Waals surface area contributed by atoms with Gasteiger partial charge in [0.2, 0.25) is 0 Å². The average molecular weight is 339 g/mol. The molecule has 0 saturated carbocycles. The number of likely N-dealkylation sites (N-methyl/N-ethyl adjacent to an activating group) is 1. The fourth-order valence-electron chi connectivity index (χ4n) is 2.88. The molecule has 0 aromatic heterocycles. The Kier molecular flexibility index (Phi) is 5.56. The SMILES string of the molecule is Cc1ccccc1OCC(=O)Nc1ccc(N2CCN(C)CC2)cc1. The molecule has 1 heterocycles. The standard InChI is InChI=1S/C20H25N3O2/c1-16-5-3-4-6-19(16)25-15-20(24)21-17-7-9-18(10-8-17)23-13-11-22(2)12-14-23/h3-10H,11-15H2,1-2H3,(H,21,24). The second-order valence-electron chi connectivity index (χ2n) is 6.44. The molecule has 5 nitrogen and oxygen atoms in total. The number of aryl methyl sites for hydroxylation is 1. The highest BCUT2D eigenvalue weighted by Crippen LogP contribution is 2.20. The minimum atomic E-state index is -0.157. The largest absolute Gasteiger partial charge is 0.483 e. The zero-order valence-corrected chi connectivity index (χ0v) is 14.9. The second kappa shape index (κ2) is 8.03. The molecular formula is C20H25N3O2. The van der Waals surface area contributed by atoms with Crippen LogP contribution < -0.4 is 15.0 Å². The van der Waals surface area contributed by atoms with Crippen LogP contribution in [0.1, 0.15) is 5.56 Å². The van der Waals surface area contributed by atoms with E-state index in [0.717, 1.165) is 43.2 Å². The summed E-state index contributed by atoms with van der Waals surface area (Å²) in [5.74, 6) is 0.582. The normalized spacial score (nSPS) is 15.0. The molecule has 0 unspecified atom stereocenters. The van der Waals surface area contributed by atoms with E-state index in [-0.39, 0.29) is 12.5 Å². The first-order chi connectivity index (χ1) is 12.1. The molecular weight excluding hydrogens is 314 g/mol. The number of rotatable bonds is 5. The van der Waals surface area contributed by atoms with E-state index in [1.807, 2.05) is 43.3 Å². The molecule has 1 fully saturated rings. The summed E-state index contributed by atoms with van der Waals surface area (Å²) in [6, 6.07) is 15.7. The van der Waals surface area contributed by atoms with Gasteiger partial charge in [0.1, 0.15) is 5.75 Å². The maximum absolute atomic E-state index is 12.1. The molecule has 0 bridgehead atoms. The summed E-state index contributed by atoms with van der Waals surface area (Å²) < 4.78 is 5.57. The lowest BCUT2D eigenvalue weighted by Gasteiger charge is -2.34. The van der Waals surface area contributed by atoms with Crippen LogP contribution in [0, 0.1) is 6.92 Å². The Hall–Kier alpha value is -2.53. The fourth-order valence-corrected chi connectivity index (χ4v) is 2.88. The average Bonchev–Trinajstić information content (AvgIpc) is 2.62. The summed E-state index contributed by atoms with van der Waals surface area (Å²) in [6.45, 7) is 6.19. The van der Waals surface area contributed by atoms with Crippen LogP contribution in [-0.4, -0.2) is 50.6 Å². The van der Waals surface area contributed by atoms with Crippen molar-refractivity contribution in [3.8, 4) is 5.75 Å². The molecule has 1 aliphatic rings. The molecule has 1 amide bonds. The quantitative estimate of drug-likeness (QED) is 0.910. The molecule has 1 N–H and O–H groups in total. The van der Waals surface area contributed by atoms with Crippen molar-refractivity contribution >= 4 is 17.3 Å². The van der Waals surface area contributed by atoms with Gasteiger partial charge in [-0.05, 0) is 49.9 Å². The van der Waals surface area contributed by atoms with E-state index in [0.29, 0.717) is 0 Å². The van der Waals surface area contributed by atoms with Gasteiger partial charge in [0.05, 0.1) is 0 Å². The van der Waals surface area contributed by atoms with E-state index < -0.39 is 0 Å². The number of para-hydroxylation sites is 1. The number of ether oxygens (including phenoxy) is 1. The van der Waals surface area contributed by atoms with E-state index in [9.17, 15) is 4.79 Å². The predicted molar refractivity (Wildman–Crippen MR) is 101 cm³/mol. The zero-order valence-electron chi connectivity index (χ0n) is 14.9. The Balaban J connectivity index is 1.51. The van der Waals surface area contributed by atoms with E-state index >= 15 is 0 Å². The zero-order chi connectivity index (χ0) is 17.6. The topological polar surface area (TPSA) is 44.8 Å². The molecule has 2 aromatic carbocycles. The minimum Gasteiger partial charge on any atom is -0.483 e. The molecule has 0 spiro atoms. The number of carbonyl (C=O) groups excluding carboxylic acids is 1. The lowest BCUT2D eigenvalue weighted by molar-refractivity contribution is -0.118. The third-order valence-corrected chi connectivity index (χ3v) is 4.47. The van der Waals surface area contributed by atoms with Crippen molar-refractivity contribution in [1.82, 2.24) is 4.90 Å². The van der Waals surface area contributed by atoms with Crippen molar-refractivity contribution in [3.05, 3.63) is 54.1 Å². The van der Waals surface area contributed by atoms with Crippen molar-refractivity contribution < 1.29 is 9.53 Å². The number of amides is 1. The van der Waals surface area contributed by atoms with Crippen LogP contribution in [-0.2, 0) is 4.79 Å². The number of hydrogen-bond donors (Lipinski definition) is 1. The van der Waals surface area contributed by atoms with Crippen molar-refractivity contribution in [1.29, 1.82) is 0 Å². The molecule has 0 atom stereocenters. The molecule has 25 heavy (non-hydrogen) atoms. The van der Waals surface area contributed by atoms with Crippen LogP contribution >= 0.6 is 0 Å². The van der Waals surface area contributed by atoms with Crippen molar-refractivity contribution in [2.24, 2.45) is 0 Å². The van der Waals surface area contributed by atoms with Gasteiger partial charge < -0.3 is 19.9 Å². The van der Waals surface area contributed by atoms with Gasteiger partial charge in [0, 0.05) is 37.6 Å². The summed E-state index contributed by atoms with van der Waals surface area (Å²) in [5, 5.41) is 2.88. The first kappa shape index (κ1) is 17.3. The van der Waals surface area contributed by atoms with Gasteiger partial charge in [-0.1, -0.05) is 18.2 Å². The summed E-state index contributed by atoms with van der Waals surface area (Å²) in [4.78, 5) is 16.8. The Bertz CT molecular complexity index is 707. The number of benzene rings is 2. The van der Waals surface area contributed by atoms with Crippen LogP contribution in [0.25, 0.3) is 0 Å². The Labute approximate surface area is 149 Å². The number of piperazine rings is 1. The lowest BCUT2D eigenvalue weighted by atomic mass is 10.2.